The topological polar surface area (TPSA) is 94.1 Å². The number of nitrogens with one attached hydrogen (secondary N) is 1. The third-order valence-corrected chi connectivity index (χ3v) is 6.23. The summed E-state index contributed by atoms with van der Waals surface area (Å²) in [6.07, 6.45) is -0.814. The molecule has 35 heavy (non-hydrogen) atoms. The van der Waals surface area contributed by atoms with Crippen LogP contribution in [0.5, 0.6) is 11.5 Å². The molecule has 1 amide bonds. The van der Waals surface area contributed by atoms with Crippen molar-refractivity contribution < 1.29 is 28.9 Å². The van der Waals surface area contributed by atoms with E-state index in [0.717, 1.165) is 22.3 Å². The van der Waals surface area contributed by atoms with E-state index in [9.17, 15) is 14.7 Å². The van der Waals surface area contributed by atoms with Crippen molar-refractivity contribution in [1.29, 1.82) is 0 Å². The number of hydrogen-bond donors (Lipinski definition) is 2. The first kappa shape index (κ1) is 24.4. The average Bonchev–Trinajstić information content (AvgIpc) is 3.17. The summed E-state index contributed by atoms with van der Waals surface area (Å²) in [6.45, 7) is 2.31. The minimum atomic E-state index is -1.22. The third kappa shape index (κ3) is 5.20. The number of rotatable bonds is 9. The molecule has 0 fully saturated rings. The molecule has 1 unspecified atom stereocenters. The van der Waals surface area contributed by atoms with Crippen molar-refractivity contribution in [3.05, 3.63) is 82.4 Å². The van der Waals surface area contributed by atoms with Crippen LogP contribution < -0.4 is 14.8 Å². The molecule has 4 rings (SSSR count). The molecule has 0 aliphatic heterocycles. The molecule has 3 aromatic carbocycles. The fourth-order valence-electron chi connectivity index (χ4n) is 4.39. The Labute approximate surface area is 208 Å². The van der Waals surface area contributed by atoms with E-state index in [1.54, 1.807) is 12.1 Å². The molecule has 0 saturated heterocycles. The number of benzene rings is 3. The molecule has 1 aliphatic rings. The van der Waals surface area contributed by atoms with Gasteiger partial charge in [0.1, 0.15) is 12.6 Å². The van der Waals surface area contributed by atoms with Crippen LogP contribution in [0.15, 0.2) is 60.7 Å². The number of ether oxygens (including phenoxy) is 3. The molecular formula is C27H26ClNO6. The fraction of sp³-hybridized carbons (Fsp3) is 0.259. The molecule has 2 N–H and O–H groups in total. The van der Waals surface area contributed by atoms with Crippen molar-refractivity contribution in [2.75, 3.05) is 20.3 Å². The molecule has 0 radical (unpaired) electrons. The molecule has 0 aromatic heterocycles. The monoisotopic (exact) mass is 495 g/mol. The van der Waals surface area contributed by atoms with Gasteiger partial charge in [-0.3, -0.25) is 0 Å². The number of carbonyl (C=O) groups is 2. The molecule has 7 nitrogen and oxygen atoms in total. The first-order valence-corrected chi connectivity index (χ1v) is 11.6. The maximum atomic E-state index is 12.6. The Bertz CT molecular complexity index is 1200. The zero-order chi connectivity index (χ0) is 24.9. The van der Waals surface area contributed by atoms with Gasteiger partial charge in [-0.05, 0) is 46.9 Å². The molecule has 0 spiro atoms. The number of carbonyl (C=O) groups excluding carboxylic acids is 1. The van der Waals surface area contributed by atoms with Gasteiger partial charge in [0.2, 0.25) is 0 Å². The SMILES string of the molecule is CCOc1c(Cl)cc(CC(NC(=O)OCC2c3ccccc3-c3ccccc32)C(=O)O)cc1OC. The van der Waals surface area contributed by atoms with Crippen LogP contribution in [0.1, 0.15) is 29.5 Å². The first-order chi connectivity index (χ1) is 16.9. The Morgan fingerprint density at radius 3 is 2.26 bits per heavy atom. The lowest BCUT2D eigenvalue weighted by Crippen LogP contribution is -2.42. The van der Waals surface area contributed by atoms with Crippen LogP contribution in [0.3, 0.4) is 0 Å². The van der Waals surface area contributed by atoms with Gasteiger partial charge in [-0.1, -0.05) is 60.1 Å². The van der Waals surface area contributed by atoms with Gasteiger partial charge in [0.25, 0.3) is 0 Å². The van der Waals surface area contributed by atoms with Crippen LogP contribution in [0, 0.1) is 0 Å². The summed E-state index contributed by atoms with van der Waals surface area (Å²) in [5.74, 6) is -0.537. The predicted octanol–water partition coefficient (Wildman–Crippen LogP) is 5.28. The van der Waals surface area contributed by atoms with Crippen LogP contribution in [0.4, 0.5) is 4.79 Å². The number of alkyl carbamates (subject to hydrolysis) is 1. The largest absolute Gasteiger partial charge is 0.493 e. The number of carboxylic acids is 1. The number of amides is 1. The van der Waals surface area contributed by atoms with Crippen LogP contribution >= 0.6 is 11.6 Å². The smallest absolute Gasteiger partial charge is 0.407 e. The molecule has 0 bridgehead atoms. The minimum absolute atomic E-state index is 0.0119. The Morgan fingerprint density at radius 1 is 1.06 bits per heavy atom. The van der Waals surface area contributed by atoms with Gasteiger partial charge < -0.3 is 24.6 Å². The molecule has 3 aromatic rings. The van der Waals surface area contributed by atoms with Crippen molar-refractivity contribution in [3.8, 4) is 22.6 Å². The van der Waals surface area contributed by atoms with Crippen LogP contribution in [-0.2, 0) is 16.0 Å². The quantitative estimate of drug-likeness (QED) is 0.419. The number of halogens is 1. The second-order valence-corrected chi connectivity index (χ2v) is 8.51. The number of carboxylic acid groups (broad SMARTS) is 1. The number of fused-ring (bicyclic) bond motifs is 3. The molecule has 0 heterocycles. The van der Waals surface area contributed by atoms with Gasteiger partial charge in [0.05, 0.1) is 18.7 Å². The summed E-state index contributed by atoms with van der Waals surface area (Å²) < 4.78 is 16.3. The van der Waals surface area contributed by atoms with E-state index in [2.05, 4.69) is 5.32 Å². The Hall–Kier alpha value is -3.71. The summed E-state index contributed by atoms with van der Waals surface area (Å²) in [4.78, 5) is 24.5. The maximum absolute atomic E-state index is 12.6. The van der Waals surface area contributed by atoms with Crippen LogP contribution in [0.25, 0.3) is 11.1 Å². The lowest BCUT2D eigenvalue weighted by molar-refractivity contribution is -0.139. The number of methoxy groups -OCH3 is 1. The van der Waals surface area contributed by atoms with Crippen LogP contribution in [-0.4, -0.2) is 43.5 Å². The highest BCUT2D eigenvalue weighted by molar-refractivity contribution is 6.32. The molecule has 1 aliphatic carbocycles. The summed E-state index contributed by atoms with van der Waals surface area (Å²) in [5, 5.41) is 12.5. The minimum Gasteiger partial charge on any atom is -0.493 e. The fourth-order valence-corrected chi connectivity index (χ4v) is 4.68. The van der Waals surface area contributed by atoms with Gasteiger partial charge in [-0.15, -0.1) is 0 Å². The van der Waals surface area contributed by atoms with E-state index in [4.69, 9.17) is 25.8 Å². The first-order valence-electron chi connectivity index (χ1n) is 11.3. The highest BCUT2D eigenvalue weighted by Crippen LogP contribution is 2.44. The highest BCUT2D eigenvalue weighted by atomic mass is 35.5. The summed E-state index contributed by atoms with van der Waals surface area (Å²) in [7, 11) is 1.47. The van der Waals surface area contributed by atoms with Crippen molar-refractivity contribution in [1.82, 2.24) is 5.32 Å². The number of hydrogen-bond acceptors (Lipinski definition) is 5. The molecule has 0 saturated carbocycles. The second-order valence-electron chi connectivity index (χ2n) is 8.11. The van der Waals surface area contributed by atoms with Gasteiger partial charge in [0.15, 0.2) is 11.5 Å². The van der Waals surface area contributed by atoms with E-state index in [1.807, 2.05) is 55.5 Å². The second kappa shape index (κ2) is 10.7. The van der Waals surface area contributed by atoms with Crippen molar-refractivity contribution in [3.63, 3.8) is 0 Å². The Kier molecular flexibility index (Phi) is 7.46. The van der Waals surface area contributed by atoms with Crippen molar-refractivity contribution >= 4 is 23.7 Å². The predicted molar refractivity (Wildman–Crippen MR) is 133 cm³/mol. The summed E-state index contributed by atoms with van der Waals surface area (Å²) >= 11 is 6.30. The van der Waals surface area contributed by atoms with Gasteiger partial charge in [-0.25, -0.2) is 9.59 Å². The lowest BCUT2D eigenvalue weighted by atomic mass is 9.98. The van der Waals surface area contributed by atoms with E-state index in [-0.39, 0.29) is 18.9 Å². The average molecular weight is 496 g/mol. The highest BCUT2D eigenvalue weighted by Gasteiger charge is 2.30. The van der Waals surface area contributed by atoms with Gasteiger partial charge in [-0.2, -0.15) is 0 Å². The normalized spacial score (nSPS) is 12.9. The van der Waals surface area contributed by atoms with Gasteiger partial charge in [0, 0.05) is 12.3 Å². The molecule has 8 heteroatoms. The summed E-state index contributed by atoms with van der Waals surface area (Å²) in [5.41, 5.74) is 4.95. The third-order valence-electron chi connectivity index (χ3n) is 5.95. The van der Waals surface area contributed by atoms with E-state index < -0.39 is 18.1 Å². The van der Waals surface area contributed by atoms with Crippen LogP contribution in [0.2, 0.25) is 5.02 Å². The van der Waals surface area contributed by atoms with E-state index >= 15 is 0 Å². The Balaban J connectivity index is 1.44. The number of aliphatic carboxylic acids is 1. The summed E-state index contributed by atoms with van der Waals surface area (Å²) in [6, 6.07) is 18.0. The maximum Gasteiger partial charge on any atom is 0.407 e. The van der Waals surface area contributed by atoms with E-state index in [1.165, 1.54) is 7.11 Å². The van der Waals surface area contributed by atoms with Gasteiger partial charge >= 0.3 is 12.1 Å². The Morgan fingerprint density at radius 2 is 1.69 bits per heavy atom. The van der Waals surface area contributed by atoms with Crippen molar-refractivity contribution in [2.45, 2.75) is 25.3 Å². The zero-order valence-electron chi connectivity index (χ0n) is 19.4. The lowest BCUT2D eigenvalue weighted by Gasteiger charge is -2.18. The molecule has 182 valence electrons. The van der Waals surface area contributed by atoms with E-state index in [0.29, 0.717) is 28.7 Å². The zero-order valence-corrected chi connectivity index (χ0v) is 20.2. The van der Waals surface area contributed by atoms with Crippen molar-refractivity contribution in [2.24, 2.45) is 0 Å². The molecular weight excluding hydrogens is 470 g/mol. The molecule has 1 atom stereocenters. The standard InChI is InChI=1S/C27H26ClNO6/c1-3-34-25-22(28)12-16(14-24(25)33-2)13-23(26(30)31)29-27(32)35-15-21-19-10-6-4-8-17(19)18-9-5-7-11-20(18)21/h4-12,14,21,23H,3,13,15H2,1-2H3,(H,29,32)(H,30,31).